The van der Waals surface area contributed by atoms with Gasteiger partial charge in [0, 0.05) is 6.04 Å². The second-order valence-corrected chi connectivity index (χ2v) is 4.75. The fraction of sp³-hybridized carbons (Fsp3) is 0.917. The van der Waals surface area contributed by atoms with Crippen LogP contribution in [0.2, 0.25) is 0 Å². The number of rotatable bonds is 4. The minimum Gasteiger partial charge on any atom is -0.297 e. The van der Waals surface area contributed by atoms with Crippen molar-refractivity contribution >= 4 is 0 Å². The van der Waals surface area contributed by atoms with Crippen LogP contribution in [-0.4, -0.2) is 11.6 Å². The smallest absolute Gasteiger partial charge is 0.106 e. The molecule has 0 aliphatic heterocycles. The molecule has 1 saturated carbocycles. The van der Waals surface area contributed by atoms with E-state index in [1.54, 1.807) is 0 Å². The molecule has 0 saturated heterocycles. The third-order valence-electron chi connectivity index (χ3n) is 3.56. The summed E-state index contributed by atoms with van der Waals surface area (Å²) in [6.45, 7) is 6.38. The summed E-state index contributed by atoms with van der Waals surface area (Å²) >= 11 is 0. The maximum atomic E-state index is 9.28. The fourth-order valence-electron chi connectivity index (χ4n) is 2.36. The van der Waals surface area contributed by atoms with Gasteiger partial charge in [0.25, 0.3) is 0 Å². The van der Waals surface area contributed by atoms with Gasteiger partial charge in [-0.1, -0.05) is 19.8 Å². The molecule has 1 aliphatic carbocycles. The Morgan fingerprint density at radius 2 is 2.07 bits per heavy atom. The lowest BCUT2D eigenvalue weighted by atomic mass is 9.85. The molecule has 1 fully saturated rings. The van der Waals surface area contributed by atoms with Crippen LogP contribution in [0.5, 0.6) is 0 Å². The summed E-state index contributed by atoms with van der Waals surface area (Å²) in [7, 11) is 0. The van der Waals surface area contributed by atoms with Gasteiger partial charge in [-0.2, -0.15) is 5.26 Å². The maximum absolute atomic E-state index is 9.28. The Bertz CT molecular complexity index is 213. The van der Waals surface area contributed by atoms with E-state index in [0.717, 1.165) is 6.42 Å². The Balaban J connectivity index is 2.61. The minimum absolute atomic E-state index is 0.300. The van der Waals surface area contributed by atoms with Crippen LogP contribution in [0, 0.1) is 17.2 Å². The predicted octanol–water partition coefficient (Wildman–Crippen LogP) is 2.85. The van der Waals surface area contributed by atoms with Crippen LogP contribution >= 0.6 is 0 Å². The molecule has 0 spiro atoms. The van der Waals surface area contributed by atoms with Gasteiger partial charge in [-0.3, -0.25) is 5.32 Å². The molecular formula is C12H22N2. The molecule has 2 nitrogen and oxygen atoms in total. The van der Waals surface area contributed by atoms with E-state index in [1.807, 2.05) is 0 Å². The Hall–Kier alpha value is -0.550. The van der Waals surface area contributed by atoms with Crippen molar-refractivity contribution in [3.8, 4) is 6.07 Å². The van der Waals surface area contributed by atoms with Crippen LogP contribution in [0.1, 0.15) is 52.9 Å². The van der Waals surface area contributed by atoms with E-state index in [1.165, 1.54) is 25.7 Å². The zero-order valence-corrected chi connectivity index (χ0v) is 9.64. The molecule has 0 aromatic carbocycles. The second kappa shape index (κ2) is 4.79. The molecule has 2 unspecified atom stereocenters. The third kappa shape index (κ3) is 2.48. The summed E-state index contributed by atoms with van der Waals surface area (Å²) in [6, 6.07) is 2.92. The van der Waals surface area contributed by atoms with E-state index in [4.69, 9.17) is 0 Å². The standard InChI is InChI=1S/C12H22N2/c1-4-10(2)14-12(3,9-13)11-7-5-6-8-11/h10-11,14H,4-8H2,1-3H3. The minimum atomic E-state index is -0.300. The van der Waals surface area contributed by atoms with E-state index in [-0.39, 0.29) is 5.54 Å². The van der Waals surface area contributed by atoms with Gasteiger partial charge in [0.2, 0.25) is 0 Å². The quantitative estimate of drug-likeness (QED) is 0.747. The summed E-state index contributed by atoms with van der Waals surface area (Å²) in [4.78, 5) is 0. The molecule has 0 aromatic heterocycles. The van der Waals surface area contributed by atoms with E-state index in [2.05, 4.69) is 32.2 Å². The number of hydrogen-bond donors (Lipinski definition) is 1. The average molecular weight is 194 g/mol. The molecule has 0 radical (unpaired) electrons. The largest absolute Gasteiger partial charge is 0.297 e. The van der Waals surface area contributed by atoms with Gasteiger partial charge in [-0.15, -0.1) is 0 Å². The van der Waals surface area contributed by atoms with Crippen molar-refractivity contribution in [1.82, 2.24) is 5.32 Å². The van der Waals surface area contributed by atoms with E-state index in [0.29, 0.717) is 12.0 Å². The lowest BCUT2D eigenvalue weighted by Gasteiger charge is -2.32. The summed E-state index contributed by atoms with van der Waals surface area (Å²) in [5, 5.41) is 12.8. The molecule has 2 heteroatoms. The van der Waals surface area contributed by atoms with Crippen molar-refractivity contribution in [1.29, 1.82) is 5.26 Å². The van der Waals surface area contributed by atoms with Crippen molar-refractivity contribution in [2.45, 2.75) is 64.5 Å². The molecule has 2 atom stereocenters. The number of nitrogens with zero attached hydrogens (tertiary/aromatic N) is 1. The first-order valence-corrected chi connectivity index (χ1v) is 5.81. The monoisotopic (exact) mass is 194 g/mol. The molecule has 1 aliphatic rings. The first kappa shape index (κ1) is 11.5. The van der Waals surface area contributed by atoms with Gasteiger partial charge < -0.3 is 0 Å². The highest BCUT2D eigenvalue weighted by atomic mass is 15.0. The molecule has 0 aromatic rings. The van der Waals surface area contributed by atoms with Crippen molar-refractivity contribution in [3.63, 3.8) is 0 Å². The third-order valence-corrected chi connectivity index (χ3v) is 3.56. The molecule has 0 amide bonds. The zero-order chi connectivity index (χ0) is 10.6. The van der Waals surface area contributed by atoms with Gasteiger partial charge in [-0.25, -0.2) is 0 Å². The van der Waals surface area contributed by atoms with Crippen molar-refractivity contribution in [2.24, 2.45) is 5.92 Å². The van der Waals surface area contributed by atoms with E-state index >= 15 is 0 Å². The highest BCUT2D eigenvalue weighted by molar-refractivity contribution is 5.09. The molecule has 1 N–H and O–H groups in total. The molecule has 1 rings (SSSR count). The van der Waals surface area contributed by atoms with Gasteiger partial charge in [-0.05, 0) is 39.0 Å². The average Bonchev–Trinajstić information content (AvgIpc) is 2.70. The Morgan fingerprint density at radius 1 is 1.50 bits per heavy atom. The number of hydrogen-bond acceptors (Lipinski definition) is 2. The van der Waals surface area contributed by atoms with E-state index < -0.39 is 0 Å². The molecule has 0 heterocycles. The van der Waals surface area contributed by atoms with Crippen LogP contribution in [0.3, 0.4) is 0 Å². The topological polar surface area (TPSA) is 35.8 Å². The summed E-state index contributed by atoms with van der Waals surface area (Å²) < 4.78 is 0. The highest BCUT2D eigenvalue weighted by Gasteiger charge is 2.36. The van der Waals surface area contributed by atoms with Crippen LogP contribution in [0.4, 0.5) is 0 Å². The highest BCUT2D eigenvalue weighted by Crippen LogP contribution is 2.34. The number of nitrogens with one attached hydrogen (secondary N) is 1. The summed E-state index contributed by atoms with van der Waals surface area (Å²) in [5.74, 6) is 0.557. The first-order valence-electron chi connectivity index (χ1n) is 5.81. The summed E-state index contributed by atoms with van der Waals surface area (Å²) in [5.41, 5.74) is -0.300. The van der Waals surface area contributed by atoms with Crippen molar-refractivity contribution < 1.29 is 0 Å². The van der Waals surface area contributed by atoms with Crippen molar-refractivity contribution in [3.05, 3.63) is 0 Å². The Kier molecular flexibility index (Phi) is 3.95. The van der Waals surface area contributed by atoms with Crippen LogP contribution in [0.15, 0.2) is 0 Å². The maximum Gasteiger partial charge on any atom is 0.106 e. The van der Waals surface area contributed by atoms with Crippen LogP contribution in [0.25, 0.3) is 0 Å². The first-order chi connectivity index (χ1) is 6.62. The summed E-state index contributed by atoms with van der Waals surface area (Å²) in [6.07, 6.45) is 6.11. The predicted molar refractivity (Wildman–Crippen MR) is 58.9 cm³/mol. The second-order valence-electron chi connectivity index (χ2n) is 4.75. The van der Waals surface area contributed by atoms with Crippen LogP contribution in [-0.2, 0) is 0 Å². The zero-order valence-electron chi connectivity index (χ0n) is 9.64. The van der Waals surface area contributed by atoms with Crippen molar-refractivity contribution in [2.75, 3.05) is 0 Å². The van der Waals surface area contributed by atoms with Gasteiger partial charge in [0.1, 0.15) is 5.54 Å². The normalized spacial score (nSPS) is 24.1. The molecule has 14 heavy (non-hydrogen) atoms. The Morgan fingerprint density at radius 3 is 2.50 bits per heavy atom. The number of nitriles is 1. The molecule has 0 bridgehead atoms. The Labute approximate surface area is 87.7 Å². The lowest BCUT2D eigenvalue weighted by Crippen LogP contribution is -2.50. The van der Waals surface area contributed by atoms with Crippen LogP contribution < -0.4 is 5.32 Å². The molecular weight excluding hydrogens is 172 g/mol. The van der Waals surface area contributed by atoms with E-state index in [9.17, 15) is 5.26 Å². The van der Waals surface area contributed by atoms with Gasteiger partial charge in [0.15, 0.2) is 0 Å². The molecule has 80 valence electrons. The van der Waals surface area contributed by atoms with Gasteiger partial charge >= 0.3 is 0 Å². The lowest BCUT2D eigenvalue weighted by molar-refractivity contribution is 0.273. The van der Waals surface area contributed by atoms with Gasteiger partial charge in [0.05, 0.1) is 6.07 Å². The SMILES string of the molecule is CCC(C)NC(C)(C#N)C1CCCC1. The fourth-order valence-corrected chi connectivity index (χ4v) is 2.36.